The minimum absolute atomic E-state index is 0.527. The Kier molecular flexibility index (Phi) is 4.05. The second-order valence-corrected chi connectivity index (χ2v) is 5.10. The molecule has 0 aliphatic rings. The molecule has 0 aliphatic carbocycles. The van der Waals surface area contributed by atoms with Crippen molar-refractivity contribution in [3.63, 3.8) is 0 Å². The molecule has 92 valence electrons. The van der Waals surface area contributed by atoms with Crippen molar-refractivity contribution in [2.45, 2.75) is 13.3 Å². The van der Waals surface area contributed by atoms with Crippen molar-refractivity contribution >= 4 is 44.1 Å². The Bertz CT molecular complexity index is 634. The third-order valence-corrected chi connectivity index (χ3v) is 3.56. The van der Waals surface area contributed by atoms with Gasteiger partial charge in [0.05, 0.1) is 21.8 Å². The van der Waals surface area contributed by atoms with Gasteiger partial charge in [0.15, 0.2) is 0 Å². The Hall–Kier alpha value is -1.31. The van der Waals surface area contributed by atoms with E-state index in [0.717, 1.165) is 28.5 Å². The number of anilines is 1. The number of halogens is 2. The smallest absolute Gasteiger partial charge is 0.103 e. The number of rotatable bonds is 3. The van der Waals surface area contributed by atoms with Crippen LogP contribution in [-0.4, -0.2) is 11.5 Å². The molecule has 1 aromatic carbocycles. The summed E-state index contributed by atoms with van der Waals surface area (Å²) in [6.07, 6.45) is 2.53. The van der Waals surface area contributed by atoms with Crippen molar-refractivity contribution in [1.29, 1.82) is 5.26 Å². The Morgan fingerprint density at radius 1 is 1.50 bits per heavy atom. The van der Waals surface area contributed by atoms with Crippen LogP contribution in [0.15, 0.2) is 22.8 Å². The van der Waals surface area contributed by atoms with E-state index >= 15 is 0 Å². The molecule has 1 aromatic heterocycles. The van der Waals surface area contributed by atoms with Crippen LogP contribution in [0, 0.1) is 11.3 Å². The van der Waals surface area contributed by atoms with E-state index in [9.17, 15) is 0 Å². The molecule has 0 atom stereocenters. The number of pyridine rings is 1. The summed E-state index contributed by atoms with van der Waals surface area (Å²) in [7, 11) is 0. The van der Waals surface area contributed by atoms with Crippen molar-refractivity contribution < 1.29 is 0 Å². The molecule has 3 nitrogen and oxygen atoms in total. The van der Waals surface area contributed by atoms with Crippen LogP contribution in [-0.2, 0) is 0 Å². The number of hydrogen-bond donors (Lipinski definition) is 1. The lowest BCUT2D eigenvalue weighted by molar-refractivity contribution is 0.980. The molecule has 0 unspecified atom stereocenters. The monoisotopic (exact) mass is 323 g/mol. The maximum Gasteiger partial charge on any atom is 0.103 e. The molecule has 0 spiro atoms. The molecule has 2 aromatic rings. The van der Waals surface area contributed by atoms with Crippen LogP contribution in [0.25, 0.3) is 10.9 Å². The van der Waals surface area contributed by atoms with E-state index in [0.29, 0.717) is 16.1 Å². The van der Waals surface area contributed by atoms with Gasteiger partial charge in [-0.3, -0.25) is 4.98 Å². The van der Waals surface area contributed by atoms with Gasteiger partial charge in [-0.05, 0) is 18.6 Å². The lowest BCUT2D eigenvalue weighted by Gasteiger charge is -2.12. The number of hydrogen-bond acceptors (Lipinski definition) is 3. The summed E-state index contributed by atoms with van der Waals surface area (Å²) in [5.74, 6) is 0. The third-order valence-electron chi connectivity index (χ3n) is 2.59. The first-order valence-corrected chi connectivity index (χ1v) is 6.76. The second-order valence-electron chi connectivity index (χ2n) is 3.84. The van der Waals surface area contributed by atoms with Gasteiger partial charge in [0.2, 0.25) is 0 Å². The fourth-order valence-corrected chi connectivity index (χ4v) is 2.48. The molecule has 0 radical (unpaired) electrons. The summed E-state index contributed by atoms with van der Waals surface area (Å²) >= 11 is 9.63. The van der Waals surface area contributed by atoms with Crippen molar-refractivity contribution in [2.75, 3.05) is 11.9 Å². The van der Waals surface area contributed by atoms with Gasteiger partial charge < -0.3 is 5.32 Å². The molecule has 0 fully saturated rings. The SMILES string of the molecule is CCCNc1c(C#N)cnc2c(Cl)ccc(Br)c12. The maximum absolute atomic E-state index is 9.16. The van der Waals surface area contributed by atoms with Gasteiger partial charge in [-0.15, -0.1) is 0 Å². The van der Waals surface area contributed by atoms with Crippen LogP contribution in [0.4, 0.5) is 5.69 Å². The zero-order valence-electron chi connectivity index (χ0n) is 9.80. The maximum atomic E-state index is 9.16. The third kappa shape index (κ3) is 2.29. The summed E-state index contributed by atoms with van der Waals surface area (Å²) in [5, 5.41) is 13.9. The second kappa shape index (κ2) is 5.55. The molecule has 0 bridgehead atoms. The number of aromatic nitrogens is 1. The topological polar surface area (TPSA) is 48.7 Å². The molecule has 0 amide bonds. The minimum Gasteiger partial charge on any atom is -0.383 e. The Balaban J connectivity index is 2.76. The molecular formula is C13H11BrClN3. The fraction of sp³-hybridized carbons (Fsp3) is 0.231. The first-order valence-electron chi connectivity index (χ1n) is 5.59. The largest absolute Gasteiger partial charge is 0.383 e. The van der Waals surface area contributed by atoms with Crippen molar-refractivity contribution in [2.24, 2.45) is 0 Å². The lowest BCUT2D eigenvalue weighted by Crippen LogP contribution is -2.03. The van der Waals surface area contributed by atoms with Gasteiger partial charge in [-0.1, -0.05) is 34.5 Å². The van der Waals surface area contributed by atoms with Gasteiger partial charge >= 0.3 is 0 Å². The standard InChI is InChI=1S/C13H11BrClN3/c1-2-5-17-12-8(6-16)7-18-13-10(15)4-3-9(14)11(12)13/h3-4,7H,2,5H2,1H3,(H,17,18). The van der Waals surface area contributed by atoms with Crippen LogP contribution in [0.3, 0.4) is 0 Å². The van der Waals surface area contributed by atoms with E-state index in [1.165, 1.54) is 0 Å². The molecule has 0 saturated carbocycles. The first-order chi connectivity index (χ1) is 8.69. The molecule has 1 N–H and O–H groups in total. The van der Waals surface area contributed by atoms with Crippen LogP contribution in [0.1, 0.15) is 18.9 Å². The lowest BCUT2D eigenvalue weighted by atomic mass is 10.1. The van der Waals surface area contributed by atoms with Crippen LogP contribution in [0.5, 0.6) is 0 Å². The highest BCUT2D eigenvalue weighted by molar-refractivity contribution is 9.10. The van der Waals surface area contributed by atoms with Crippen LogP contribution >= 0.6 is 27.5 Å². The van der Waals surface area contributed by atoms with Gasteiger partial charge in [0.1, 0.15) is 6.07 Å². The van der Waals surface area contributed by atoms with Crippen molar-refractivity contribution in [3.8, 4) is 6.07 Å². The normalized spacial score (nSPS) is 10.3. The highest BCUT2D eigenvalue weighted by Gasteiger charge is 2.13. The summed E-state index contributed by atoms with van der Waals surface area (Å²) in [5.41, 5.74) is 2.02. The quantitative estimate of drug-likeness (QED) is 0.913. The Labute approximate surface area is 119 Å². The predicted octanol–water partition coefficient (Wildman–Crippen LogP) is 4.34. The van der Waals surface area contributed by atoms with E-state index in [1.807, 2.05) is 6.07 Å². The molecule has 5 heteroatoms. The van der Waals surface area contributed by atoms with Crippen molar-refractivity contribution in [3.05, 3.63) is 33.4 Å². The van der Waals surface area contributed by atoms with Gasteiger partial charge in [0.25, 0.3) is 0 Å². The van der Waals surface area contributed by atoms with E-state index < -0.39 is 0 Å². The summed E-state index contributed by atoms with van der Waals surface area (Å²) in [6, 6.07) is 5.81. The van der Waals surface area contributed by atoms with E-state index in [2.05, 4.69) is 39.2 Å². The molecule has 0 saturated heterocycles. The minimum atomic E-state index is 0.527. The first kappa shape index (κ1) is 13.1. The number of nitriles is 1. The molecular weight excluding hydrogens is 314 g/mol. The van der Waals surface area contributed by atoms with Gasteiger partial charge in [-0.25, -0.2) is 0 Å². The molecule has 2 rings (SSSR count). The molecule has 18 heavy (non-hydrogen) atoms. The average Bonchev–Trinajstić information content (AvgIpc) is 2.39. The highest BCUT2D eigenvalue weighted by atomic mass is 79.9. The summed E-state index contributed by atoms with van der Waals surface area (Å²) in [4.78, 5) is 4.26. The van der Waals surface area contributed by atoms with E-state index in [4.69, 9.17) is 16.9 Å². The number of nitrogens with zero attached hydrogens (tertiary/aromatic N) is 2. The number of benzene rings is 1. The number of fused-ring (bicyclic) bond motifs is 1. The zero-order valence-corrected chi connectivity index (χ0v) is 12.1. The summed E-state index contributed by atoms with van der Waals surface area (Å²) in [6.45, 7) is 2.87. The van der Waals surface area contributed by atoms with Gasteiger partial charge in [0, 0.05) is 22.6 Å². The summed E-state index contributed by atoms with van der Waals surface area (Å²) < 4.78 is 0.880. The molecule has 1 heterocycles. The fourth-order valence-electron chi connectivity index (χ4n) is 1.75. The molecule has 0 aliphatic heterocycles. The average molecular weight is 325 g/mol. The van der Waals surface area contributed by atoms with Crippen LogP contribution in [0.2, 0.25) is 5.02 Å². The highest BCUT2D eigenvalue weighted by Crippen LogP contribution is 2.35. The van der Waals surface area contributed by atoms with E-state index in [1.54, 1.807) is 12.3 Å². The Morgan fingerprint density at radius 3 is 2.94 bits per heavy atom. The zero-order chi connectivity index (χ0) is 13.1. The van der Waals surface area contributed by atoms with E-state index in [-0.39, 0.29) is 0 Å². The Morgan fingerprint density at radius 2 is 2.28 bits per heavy atom. The predicted molar refractivity (Wildman–Crippen MR) is 77.9 cm³/mol. The van der Waals surface area contributed by atoms with Gasteiger partial charge in [-0.2, -0.15) is 5.26 Å². The van der Waals surface area contributed by atoms with Crippen molar-refractivity contribution in [1.82, 2.24) is 4.98 Å². The van der Waals surface area contributed by atoms with Crippen LogP contribution < -0.4 is 5.32 Å². The number of nitrogens with one attached hydrogen (secondary N) is 1.